The zero-order valence-corrected chi connectivity index (χ0v) is 15.6. The van der Waals surface area contributed by atoms with E-state index in [4.69, 9.17) is 0 Å². The Labute approximate surface area is 154 Å². The van der Waals surface area contributed by atoms with E-state index < -0.39 is 15.4 Å². The van der Waals surface area contributed by atoms with E-state index in [0.29, 0.717) is 12.8 Å². The fourth-order valence-electron chi connectivity index (χ4n) is 3.35. The van der Waals surface area contributed by atoms with E-state index in [2.05, 4.69) is 5.32 Å². The number of benzene rings is 2. The standard InChI is InChI=1S/C20H23NO4S/c1-26(24,25)17-9-6-15(7-10-17)8-11-19(22)21-14-20(23)13-12-16-4-2-3-5-18(16)20/h2-7,9-10,23H,8,11-14H2,1H3,(H,21,22)/t20-/m1/s1. The van der Waals surface area contributed by atoms with Gasteiger partial charge in [0.1, 0.15) is 5.60 Å². The molecular weight excluding hydrogens is 350 g/mol. The van der Waals surface area contributed by atoms with Gasteiger partial charge in [0.25, 0.3) is 0 Å². The summed E-state index contributed by atoms with van der Waals surface area (Å²) in [5, 5.41) is 13.6. The average Bonchev–Trinajstić information content (AvgIpc) is 2.96. The Morgan fingerprint density at radius 1 is 1.15 bits per heavy atom. The van der Waals surface area contributed by atoms with Crippen molar-refractivity contribution < 1.29 is 18.3 Å². The lowest BCUT2D eigenvalue weighted by atomic mass is 9.96. The van der Waals surface area contributed by atoms with Crippen molar-refractivity contribution in [2.45, 2.75) is 36.2 Å². The molecule has 1 aliphatic rings. The molecule has 1 amide bonds. The molecule has 0 unspecified atom stereocenters. The first-order chi connectivity index (χ1) is 12.3. The largest absolute Gasteiger partial charge is 0.383 e. The summed E-state index contributed by atoms with van der Waals surface area (Å²) in [4.78, 5) is 12.4. The fourth-order valence-corrected chi connectivity index (χ4v) is 3.98. The van der Waals surface area contributed by atoms with E-state index in [1.807, 2.05) is 24.3 Å². The van der Waals surface area contributed by atoms with Crippen LogP contribution in [0.15, 0.2) is 53.4 Å². The van der Waals surface area contributed by atoms with Gasteiger partial charge in [0.05, 0.1) is 11.4 Å². The number of carbonyl (C=O) groups excluding carboxylic acids is 1. The molecule has 0 spiro atoms. The SMILES string of the molecule is CS(=O)(=O)c1ccc(CCC(=O)NC[C@]2(O)CCc3ccccc32)cc1. The lowest BCUT2D eigenvalue weighted by molar-refractivity contribution is -0.122. The maximum Gasteiger partial charge on any atom is 0.220 e. The van der Waals surface area contributed by atoms with Gasteiger partial charge in [0, 0.05) is 12.7 Å². The zero-order valence-electron chi connectivity index (χ0n) is 14.7. The Hall–Kier alpha value is -2.18. The molecule has 0 saturated carbocycles. The molecule has 26 heavy (non-hydrogen) atoms. The van der Waals surface area contributed by atoms with Crippen molar-refractivity contribution in [1.29, 1.82) is 0 Å². The Kier molecular flexibility index (Phi) is 5.16. The van der Waals surface area contributed by atoms with Crippen LogP contribution in [0.4, 0.5) is 0 Å². The highest BCUT2D eigenvalue weighted by molar-refractivity contribution is 7.90. The number of sulfone groups is 1. The van der Waals surface area contributed by atoms with Gasteiger partial charge in [-0.05, 0) is 48.1 Å². The molecule has 6 heteroatoms. The van der Waals surface area contributed by atoms with Crippen LogP contribution in [-0.4, -0.2) is 32.2 Å². The quantitative estimate of drug-likeness (QED) is 0.811. The summed E-state index contributed by atoms with van der Waals surface area (Å²) in [6, 6.07) is 14.3. The third-order valence-electron chi connectivity index (χ3n) is 4.90. The van der Waals surface area contributed by atoms with Crippen molar-refractivity contribution in [3.05, 3.63) is 65.2 Å². The average molecular weight is 373 g/mol. The van der Waals surface area contributed by atoms with Crippen LogP contribution in [0.1, 0.15) is 29.5 Å². The van der Waals surface area contributed by atoms with Crippen LogP contribution in [0, 0.1) is 0 Å². The third-order valence-corrected chi connectivity index (χ3v) is 6.03. The number of hydrogen-bond acceptors (Lipinski definition) is 4. The molecule has 0 radical (unpaired) electrons. The summed E-state index contributed by atoms with van der Waals surface area (Å²) in [7, 11) is -3.21. The first-order valence-electron chi connectivity index (χ1n) is 8.64. The maximum atomic E-state index is 12.1. The van der Waals surface area contributed by atoms with Crippen LogP contribution in [0.2, 0.25) is 0 Å². The molecule has 0 aliphatic heterocycles. The molecule has 2 aromatic rings. The van der Waals surface area contributed by atoms with Crippen molar-refractivity contribution in [3.8, 4) is 0 Å². The summed E-state index contributed by atoms with van der Waals surface area (Å²) < 4.78 is 22.9. The van der Waals surface area contributed by atoms with Crippen LogP contribution in [0.3, 0.4) is 0 Å². The maximum absolute atomic E-state index is 12.1. The number of hydrogen-bond donors (Lipinski definition) is 2. The number of rotatable bonds is 6. The van der Waals surface area contributed by atoms with Crippen molar-refractivity contribution in [2.24, 2.45) is 0 Å². The Morgan fingerprint density at radius 3 is 2.54 bits per heavy atom. The number of amides is 1. The summed E-state index contributed by atoms with van der Waals surface area (Å²) in [6.07, 6.45) is 3.40. The van der Waals surface area contributed by atoms with Crippen molar-refractivity contribution in [2.75, 3.05) is 12.8 Å². The van der Waals surface area contributed by atoms with E-state index in [0.717, 1.165) is 23.1 Å². The molecule has 0 saturated heterocycles. The number of carbonyl (C=O) groups is 1. The topological polar surface area (TPSA) is 83.5 Å². The minimum absolute atomic E-state index is 0.130. The predicted octanol–water partition coefficient (Wildman–Crippen LogP) is 1.97. The lowest BCUT2D eigenvalue weighted by Gasteiger charge is -2.24. The van der Waals surface area contributed by atoms with E-state index in [1.165, 1.54) is 6.26 Å². The Bertz CT molecular complexity index is 906. The first kappa shape index (κ1) is 18.6. The lowest BCUT2D eigenvalue weighted by Crippen LogP contribution is -2.39. The number of fused-ring (bicyclic) bond motifs is 1. The van der Waals surface area contributed by atoms with Gasteiger partial charge in [-0.1, -0.05) is 36.4 Å². The molecular formula is C20H23NO4S. The first-order valence-corrected chi connectivity index (χ1v) is 10.5. The van der Waals surface area contributed by atoms with Crippen molar-refractivity contribution in [3.63, 3.8) is 0 Å². The fraction of sp³-hybridized carbons (Fsp3) is 0.350. The number of aliphatic hydroxyl groups is 1. The van der Waals surface area contributed by atoms with Gasteiger partial charge in [0.15, 0.2) is 9.84 Å². The van der Waals surface area contributed by atoms with Gasteiger partial charge < -0.3 is 10.4 Å². The van der Waals surface area contributed by atoms with Crippen LogP contribution < -0.4 is 5.32 Å². The second-order valence-corrected chi connectivity index (χ2v) is 8.90. The van der Waals surface area contributed by atoms with Gasteiger partial charge in [-0.3, -0.25) is 4.79 Å². The van der Waals surface area contributed by atoms with E-state index in [-0.39, 0.29) is 23.8 Å². The summed E-state index contributed by atoms with van der Waals surface area (Å²) >= 11 is 0. The van der Waals surface area contributed by atoms with E-state index in [9.17, 15) is 18.3 Å². The Morgan fingerprint density at radius 2 is 1.85 bits per heavy atom. The Balaban J connectivity index is 1.52. The molecule has 138 valence electrons. The van der Waals surface area contributed by atoms with Gasteiger partial charge in [-0.25, -0.2) is 8.42 Å². The number of nitrogens with one attached hydrogen (secondary N) is 1. The van der Waals surface area contributed by atoms with Crippen LogP contribution in [0.25, 0.3) is 0 Å². The normalized spacial score (nSPS) is 19.2. The monoisotopic (exact) mass is 373 g/mol. The molecule has 0 aromatic heterocycles. The summed E-state index contributed by atoms with van der Waals surface area (Å²) in [5.41, 5.74) is 1.94. The highest BCUT2D eigenvalue weighted by atomic mass is 32.2. The third kappa shape index (κ3) is 4.14. The second-order valence-electron chi connectivity index (χ2n) is 6.88. The van der Waals surface area contributed by atoms with E-state index in [1.54, 1.807) is 24.3 Å². The van der Waals surface area contributed by atoms with Crippen LogP contribution in [0.5, 0.6) is 0 Å². The summed E-state index contributed by atoms with van der Waals surface area (Å²) in [5.74, 6) is -0.130. The van der Waals surface area contributed by atoms with Crippen LogP contribution >= 0.6 is 0 Å². The van der Waals surface area contributed by atoms with Crippen LogP contribution in [-0.2, 0) is 33.1 Å². The molecule has 1 aliphatic carbocycles. The molecule has 5 nitrogen and oxygen atoms in total. The van der Waals surface area contributed by atoms with Crippen molar-refractivity contribution >= 4 is 15.7 Å². The van der Waals surface area contributed by atoms with Gasteiger partial charge in [-0.2, -0.15) is 0 Å². The molecule has 3 rings (SSSR count). The zero-order chi connectivity index (χ0) is 18.8. The molecule has 0 fully saturated rings. The predicted molar refractivity (Wildman–Crippen MR) is 99.5 cm³/mol. The minimum atomic E-state index is -3.21. The summed E-state index contributed by atoms with van der Waals surface area (Å²) in [6.45, 7) is 0.204. The molecule has 0 heterocycles. The minimum Gasteiger partial charge on any atom is -0.383 e. The molecule has 2 N–H and O–H groups in total. The highest BCUT2D eigenvalue weighted by Crippen LogP contribution is 2.36. The van der Waals surface area contributed by atoms with Gasteiger partial charge in [-0.15, -0.1) is 0 Å². The van der Waals surface area contributed by atoms with E-state index >= 15 is 0 Å². The van der Waals surface area contributed by atoms with Gasteiger partial charge in [0.2, 0.25) is 5.91 Å². The molecule has 0 bridgehead atoms. The molecule has 1 atom stereocenters. The second kappa shape index (κ2) is 7.21. The van der Waals surface area contributed by atoms with Gasteiger partial charge >= 0.3 is 0 Å². The van der Waals surface area contributed by atoms with Crippen molar-refractivity contribution in [1.82, 2.24) is 5.32 Å². The number of aryl methyl sites for hydroxylation is 2. The molecule has 2 aromatic carbocycles. The highest BCUT2D eigenvalue weighted by Gasteiger charge is 2.36. The smallest absolute Gasteiger partial charge is 0.220 e.